The summed E-state index contributed by atoms with van der Waals surface area (Å²) in [5.41, 5.74) is 1.11. The molecule has 0 aliphatic heterocycles. The molecule has 17 heavy (non-hydrogen) atoms. The predicted molar refractivity (Wildman–Crippen MR) is 74.6 cm³/mol. The molecule has 2 nitrogen and oxygen atoms in total. The summed E-state index contributed by atoms with van der Waals surface area (Å²) in [5, 5.41) is 2.07. The van der Waals surface area contributed by atoms with Crippen LogP contribution in [-0.2, 0) is 0 Å². The second kappa shape index (κ2) is 5.56. The Morgan fingerprint density at radius 2 is 2.00 bits per heavy atom. The van der Waals surface area contributed by atoms with E-state index in [1.54, 1.807) is 25.6 Å². The van der Waals surface area contributed by atoms with Crippen LogP contribution < -0.4 is 9.47 Å². The minimum absolute atomic E-state index is 0.156. The molecule has 1 heterocycles. The molecule has 2 rings (SSSR count). The van der Waals surface area contributed by atoms with Gasteiger partial charge in [-0.15, -0.1) is 11.3 Å². The summed E-state index contributed by atoms with van der Waals surface area (Å²) in [6.45, 7) is 0. The summed E-state index contributed by atoms with van der Waals surface area (Å²) >= 11 is 5.42. The van der Waals surface area contributed by atoms with Gasteiger partial charge in [0.05, 0.1) is 19.0 Å². The first-order valence-electron chi connectivity index (χ1n) is 5.15. The van der Waals surface area contributed by atoms with Crippen molar-refractivity contribution in [3.8, 4) is 11.5 Å². The largest absolute Gasteiger partial charge is 0.497 e. The number of thiophene rings is 1. The molecule has 0 aliphatic rings. The number of methoxy groups -OCH3 is 2. The first-order valence-corrected chi connectivity index (χ1v) is 6.95. The quantitative estimate of drug-likeness (QED) is 0.786. The Morgan fingerprint density at radius 3 is 2.59 bits per heavy atom. The Balaban J connectivity index is 2.38. The number of ether oxygens (including phenoxy) is 2. The van der Waals surface area contributed by atoms with Crippen LogP contribution in [0.2, 0.25) is 0 Å². The lowest BCUT2D eigenvalue weighted by molar-refractivity contribution is 0.391. The highest BCUT2D eigenvalue weighted by atomic mass is 79.9. The van der Waals surface area contributed by atoms with Crippen molar-refractivity contribution in [2.24, 2.45) is 0 Å². The van der Waals surface area contributed by atoms with Crippen molar-refractivity contribution in [3.05, 3.63) is 46.2 Å². The van der Waals surface area contributed by atoms with Crippen molar-refractivity contribution in [2.45, 2.75) is 4.83 Å². The van der Waals surface area contributed by atoms with E-state index < -0.39 is 0 Å². The molecule has 0 aliphatic carbocycles. The lowest BCUT2D eigenvalue weighted by Crippen LogP contribution is -1.96. The average Bonchev–Trinajstić information content (AvgIpc) is 2.91. The molecule has 0 radical (unpaired) electrons. The first kappa shape index (κ1) is 12.5. The molecule has 0 bridgehead atoms. The number of hydrogen-bond donors (Lipinski definition) is 0. The van der Waals surface area contributed by atoms with E-state index in [1.807, 2.05) is 24.3 Å². The number of benzene rings is 1. The van der Waals surface area contributed by atoms with Gasteiger partial charge in [0.15, 0.2) is 0 Å². The SMILES string of the molecule is COc1ccc(C(Br)c2cccs2)c(OC)c1. The summed E-state index contributed by atoms with van der Waals surface area (Å²) in [6.07, 6.45) is 0. The highest BCUT2D eigenvalue weighted by Gasteiger charge is 2.16. The van der Waals surface area contributed by atoms with Crippen LogP contribution in [0.1, 0.15) is 15.3 Å². The zero-order valence-corrected chi connectivity index (χ0v) is 12.0. The van der Waals surface area contributed by atoms with E-state index in [2.05, 4.69) is 27.4 Å². The van der Waals surface area contributed by atoms with E-state index in [9.17, 15) is 0 Å². The molecule has 0 fully saturated rings. The van der Waals surface area contributed by atoms with Gasteiger partial charge in [0, 0.05) is 16.5 Å². The van der Waals surface area contributed by atoms with Crippen LogP contribution in [-0.4, -0.2) is 14.2 Å². The lowest BCUT2D eigenvalue weighted by Gasteiger charge is -2.14. The van der Waals surface area contributed by atoms with Crippen LogP contribution in [0.5, 0.6) is 11.5 Å². The van der Waals surface area contributed by atoms with Crippen LogP contribution in [0.25, 0.3) is 0 Å². The molecular formula is C13H13BrO2S. The molecule has 1 aromatic carbocycles. The Kier molecular flexibility index (Phi) is 4.07. The van der Waals surface area contributed by atoms with Gasteiger partial charge < -0.3 is 9.47 Å². The van der Waals surface area contributed by atoms with Crippen LogP contribution in [0, 0.1) is 0 Å². The molecule has 90 valence electrons. The van der Waals surface area contributed by atoms with E-state index in [1.165, 1.54) is 4.88 Å². The van der Waals surface area contributed by atoms with Crippen molar-refractivity contribution in [1.82, 2.24) is 0 Å². The maximum atomic E-state index is 5.40. The smallest absolute Gasteiger partial charge is 0.127 e. The van der Waals surface area contributed by atoms with Crippen LogP contribution in [0.3, 0.4) is 0 Å². The third kappa shape index (κ3) is 2.64. The fraction of sp³-hybridized carbons (Fsp3) is 0.231. The topological polar surface area (TPSA) is 18.5 Å². The number of alkyl halides is 1. The Morgan fingerprint density at radius 1 is 1.18 bits per heavy atom. The van der Waals surface area contributed by atoms with E-state index in [-0.39, 0.29) is 4.83 Å². The van der Waals surface area contributed by atoms with E-state index in [4.69, 9.17) is 9.47 Å². The highest BCUT2D eigenvalue weighted by molar-refractivity contribution is 9.09. The van der Waals surface area contributed by atoms with Crippen LogP contribution in [0.4, 0.5) is 0 Å². The first-order chi connectivity index (χ1) is 8.26. The fourth-order valence-electron chi connectivity index (χ4n) is 1.62. The summed E-state index contributed by atoms with van der Waals surface area (Å²) in [7, 11) is 3.33. The van der Waals surface area contributed by atoms with Gasteiger partial charge in [-0.2, -0.15) is 0 Å². The highest BCUT2D eigenvalue weighted by Crippen LogP contribution is 2.39. The molecule has 2 aromatic rings. The van der Waals surface area contributed by atoms with Gasteiger partial charge in [-0.25, -0.2) is 0 Å². The van der Waals surface area contributed by atoms with Gasteiger partial charge in [0.25, 0.3) is 0 Å². The summed E-state index contributed by atoms with van der Waals surface area (Å²) < 4.78 is 10.6. The molecule has 4 heteroatoms. The zero-order valence-electron chi connectivity index (χ0n) is 9.64. The monoisotopic (exact) mass is 312 g/mol. The fourth-order valence-corrected chi connectivity index (χ4v) is 3.19. The Labute approximate surface area is 113 Å². The number of hydrogen-bond acceptors (Lipinski definition) is 3. The molecule has 0 saturated carbocycles. The Hall–Kier alpha value is -1.00. The molecule has 1 atom stereocenters. The second-order valence-electron chi connectivity index (χ2n) is 3.49. The minimum Gasteiger partial charge on any atom is -0.497 e. The average molecular weight is 313 g/mol. The summed E-state index contributed by atoms with van der Waals surface area (Å²) in [6, 6.07) is 10.0. The minimum atomic E-state index is 0.156. The molecule has 0 spiro atoms. The molecule has 0 saturated heterocycles. The second-order valence-corrected chi connectivity index (χ2v) is 5.38. The lowest BCUT2D eigenvalue weighted by atomic mass is 10.1. The number of rotatable bonds is 4. The van der Waals surface area contributed by atoms with Crippen molar-refractivity contribution < 1.29 is 9.47 Å². The van der Waals surface area contributed by atoms with E-state index in [0.29, 0.717) is 0 Å². The maximum Gasteiger partial charge on any atom is 0.127 e. The summed E-state index contributed by atoms with van der Waals surface area (Å²) in [4.78, 5) is 1.41. The Bertz CT molecular complexity index is 482. The van der Waals surface area contributed by atoms with Crippen LogP contribution in [0.15, 0.2) is 35.7 Å². The maximum absolute atomic E-state index is 5.40. The molecule has 0 N–H and O–H groups in total. The van der Waals surface area contributed by atoms with Crippen molar-refractivity contribution in [3.63, 3.8) is 0 Å². The van der Waals surface area contributed by atoms with Gasteiger partial charge in [0.1, 0.15) is 11.5 Å². The van der Waals surface area contributed by atoms with E-state index >= 15 is 0 Å². The number of halogens is 1. The van der Waals surface area contributed by atoms with Gasteiger partial charge >= 0.3 is 0 Å². The zero-order chi connectivity index (χ0) is 12.3. The van der Waals surface area contributed by atoms with Gasteiger partial charge in [0.2, 0.25) is 0 Å². The van der Waals surface area contributed by atoms with Gasteiger partial charge in [-0.3, -0.25) is 0 Å². The van der Waals surface area contributed by atoms with Gasteiger partial charge in [-0.1, -0.05) is 28.1 Å². The standard InChI is InChI=1S/C13H13BrO2S/c1-15-9-5-6-10(11(8-9)16-2)13(14)12-4-3-7-17-12/h3-8,13H,1-2H3. The van der Waals surface area contributed by atoms with Crippen molar-refractivity contribution in [2.75, 3.05) is 14.2 Å². The van der Waals surface area contributed by atoms with Gasteiger partial charge in [-0.05, 0) is 17.5 Å². The van der Waals surface area contributed by atoms with Crippen LogP contribution >= 0.6 is 27.3 Å². The third-order valence-electron chi connectivity index (χ3n) is 2.51. The van der Waals surface area contributed by atoms with E-state index in [0.717, 1.165) is 17.1 Å². The predicted octanol–water partition coefficient (Wildman–Crippen LogP) is 4.25. The molecule has 0 amide bonds. The van der Waals surface area contributed by atoms with Crippen molar-refractivity contribution in [1.29, 1.82) is 0 Å². The molecule has 1 aromatic heterocycles. The van der Waals surface area contributed by atoms with Crippen molar-refractivity contribution >= 4 is 27.3 Å². The molecule has 1 unspecified atom stereocenters. The third-order valence-corrected chi connectivity index (χ3v) is 4.73. The molecular weight excluding hydrogens is 300 g/mol. The normalized spacial score (nSPS) is 12.2. The summed E-state index contributed by atoms with van der Waals surface area (Å²) in [5.74, 6) is 1.64.